The summed E-state index contributed by atoms with van der Waals surface area (Å²) in [6.45, 7) is 5.56. The lowest BCUT2D eigenvalue weighted by Crippen LogP contribution is -2.06. The highest BCUT2D eigenvalue weighted by molar-refractivity contribution is 5.65. The Labute approximate surface area is 59.9 Å². The zero-order valence-corrected chi connectivity index (χ0v) is 6.42. The molecule has 0 spiro atoms. The third kappa shape index (κ3) is 7.39. The largest absolute Gasteiger partial charge is 0.342 e. The van der Waals surface area contributed by atoms with Gasteiger partial charge in [-0.15, -0.1) is 0 Å². The molecule has 0 radical (unpaired) electrons. The molecular weight excluding hydrogens is 136 g/mol. The molecule has 0 aromatic carbocycles. The molecule has 60 valence electrons. The SMILES string of the molecule is CC(=O)OOOCC(C)C. The van der Waals surface area contributed by atoms with Crippen molar-refractivity contribution >= 4 is 5.97 Å². The smallest absolute Gasteiger partial charge is 0.269 e. The highest BCUT2D eigenvalue weighted by Crippen LogP contribution is 1.93. The number of rotatable bonds is 4. The quantitative estimate of drug-likeness (QED) is 0.340. The van der Waals surface area contributed by atoms with Crippen molar-refractivity contribution in [1.29, 1.82) is 0 Å². The van der Waals surface area contributed by atoms with Crippen LogP contribution in [0, 0.1) is 5.92 Å². The maximum atomic E-state index is 10.1. The molecule has 4 heteroatoms. The van der Waals surface area contributed by atoms with E-state index in [9.17, 15) is 4.79 Å². The summed E-state index contributed by atoms with van der Waals surface area (Å²) in [5.74, 6) is -0.167. The van der Waals surface area contributed by atoms with E-state index in [4.69, 9.17) is 0 Å². The van der Waals surface area contributed by atoms with Gasteiger partial charge in [0.25, 0.3) is 0 Å². The van der Waals surface area contributed by atoms with Crippen molar-refractivity contribution in [3.8, 4) is 0 Å². The predicted molar refractivity (Wildman–Crippen MR) is 33.6 cm³/mol. The second-order valence-corrected chi connectivity index (χ2v) is 2.32. The predicted octanol–water partition coefficient (Wildman–Crippen LogP) is 1.07. The number of hydrogen-bond donors (Lipinski definition) is 0. The van der Waals surface area contributed by atoms with Crippen LogP contribution in [0.1, 0.15) is 20.8 Å². The summed E-state index contributed by atoms with van der Waals surface area (Å²) in [4.78, 5) is 18.6. The first kappa shape index (κ1) is 9.39. The first-order chi connectivity index (χ1) is 4.63. The average molecular weight is 148 g/mol. The van der Waals surface area contributed by atoms with Gasteiger partial charge in [-0.25, -0.2) is 4.79 Å². The molecule has 0 aliphatic heterocycles. The molecule has 0 saturated carbocycles. The average Bonchev–Trinajstić information content (AvgIpc) is 1.79. The fourth-order valence-corrected chi connectivity index (χ4v) is 0.236. The lowest BCUT2D eigenvalue weighted by molar-refractivity contribution is -0.488. The lowest BCUT2D eigenvalue weighted by Gasteiger charge is -2.02. The van der Waals surface area contributed by atoms with Crippen molar-refractivity contribution in [2.45, 2.75) is 20.8 Å². The Hall–Kier alpha value is -0.610. The molecule has 0 aromatic rings. The number of carbonyl (C=O) groups excluding carboxylic acids is 1. The van der Waals surface area contributed by atoms with Crippen LogP contribution in [0.4, 0.5) is 0 Å². The topological polar surface area (TPSA) is 44.8 Å². The molecule has 0 fully saturated rings. The van der Waals surface area contributed by atoms with Crippen LogP contribution < -0.4 is 0 Å². The van der Waals surface area contributed by atoms with Gasteiger partial charge in [0.2, 0.25) is 0 Å². The molecule has 0 rings (SSSR count). The Morgan fingerprint density at radius 2 is 2.10 bits per heavy atom. The third-order valence-corrected chi connectivity index (χ3v) is 0.601. The van der Waals surface area contributed by atoms with E-state index in [0.29, 0.717) is 12.5 Å². The first-order valence-electron chi connectivity index (χ1n) is 3.09. The minimum Gasteiger partial charge on any atom is -0.269 e. The van der Waals surface area contributed by atoms with E-state index in [1.54, 1.807) is 0 Å². The lowest BCUT2D eigenvalue weighted by atomic mass is 10.2. The Balaban J connectivity index is 2.98. The summed E-state index contributed by atoms with van der Waals surface area (Å²) in [5, 5.41) is 4.06. The van der Waals surface area contributed by atoms with Gasteiger partial charge in [0.05, 0.1) is 6.61 Å². The van der Waals surface area contributed by atoms with Crippen LogP contribution in [-0.2, 0) is 19.6 Å². The second kappa shape index (κ2) is 5.20. The van der Waals surface area contributed by atoms with Crippen molar-refractivity contribution in [3.63, 3.8) is 0 Å². The highest BCUT2D eigenvalue weighted by atomic mass is 17.5. The molecule has 0 atom stereocenters. The molecule has 0 amide bonds. The molecule has 10 heavy (non-hydrogen) atoms. The summed E-state index contributed by atoms with van der Waals surface area (Å²) in [6, 6.07) is 0. The van der Waals surface area contributed by atoms with E-state index < -0.39 is 5.97 Å². The Morgan fingerprint density at radius 3 is 2.50 bits per heavy atom. The monoisotopic (exact) mass is 148 g/mol. The molecule has 0 aliphatic rings. The van der Waals surface area contributed by atoms with E-state index in [2.05, 4.69) is 14.8 Å². The van der Waals surface area contributed by atoms with Crippen molar-refractivity contribution in [2.75, 3.05) is 6.61 Å². The Kier molecular flexibility index (Phi) is 4.88. The first-order valence-corrected chi connectivity index (χ1v) is 3.09. The van der Waals surface area contributed by atoms with E-state index in [1.807, 2.05) is 13.8 Å². The molecule has 0 heterocycles. The molecule has 4 nitrogen and oxygen atoms in total. The third-order valence-electron chi connectivity index (χ3n) is 0.601. The molecule has 0 saturated heterocycles. The fraction of sp³-hybridized carbons (Fsp3) is 0.833. The van der Waals surface area contributed by atoms with Crippen LogP contribution in [0.25, 0.3) is 0 Å². The van der Waals surface area contributed by atoms with Gasteiger partial charge in [0, 0.05) is 6.92 Å². The van der Waals surface area contributed by atoms with Crippen LogP contribution in [0.2, 0.25) is 0 Å². The maximum Gasteiger partial charge on any atom is 0.342 e. The van der Waals surface area contributed by atoms with Gasteiger partial charge in [-0.3, -0.25) is 4.89 Å². The van der Waals surface area contributed by atoms with Gasteiger partial charge in [-0.2, -0.15) is 4.89 Å². The van der Waals surface area contributed by atoms with Gasteiger partial charge in [0.1, 0.15) is 0 Å². The van der Waals surface area contributed by atoms with Gasteiger partial charge in [-0.1, -0.05) is 13.8 Å². The zero-order chi connectivity index (χ0) is 7.98. The summed E-state index contributed by atoms with van der Waals surface area (Å²) in [5.41, 5.74) is 0. The molecule has 0 N–H and O–H groups in total. The van der Waals surface area contributed by atoms with Gasteiger partial charge in [-0.05, 0) is 11.0 Å². The van der Waals surface area contributed by atoms with Crippen LogP contribution in [0.3, 0.4) is 0 Å². The fourth-order valence-electron chi connectivity index (χ4n) is 0.236. The Morgan fingerprint density at radius 1 is 1.50 bits per heavy atom. The zero-order valence-electron chi connectivity index (χ0n) is 6.42. The molecule has 0 unspecified atom stereocenters. The normalized spacial score (nSPS) is 10.0. The van der Waals surface area contributed by atoms with Gasteiger partial charge >= 0.3 is 5.97 Å². The van der Waals surface area contributed by atoms with Crippen LogP contribution >= 0.6 is 0 Å². The van der Waals surface area contributed by atoms with Gasteiger partial charge in [0.15, 0.2) is 0 Å². The maximum absolute atomic E-state index is 10.1. The number of hydrogen-bond acceptors (Lipinski definition) is 4. The van der Waals surface area contributed by atoms with Crippen LogP contribution in [-0.4, -0.2) is 12.6 Å². The number of carbonyl (C=O) groups is 1. The van der Waals surface area contributed by atoms with E-state index in [1.165, 1.54) is 6.92 Å². The Bertz CT molecular complexity index is 99.9. The summed E-state index contributed by atoms with van der Waals surface area (Å²) >= 11 is 0. The van der Waals surface area contributed by atoms with Crippen molar-refractivity contribution in [2.24, 2.45) is 5.92 Å². The molecule has 0 aliphatic carbocycles. The van der Waals surface area contributed by atoms with Crippen molar-refractivity contribution < 1.29 is 19.6 Å². The van der Waals surface area contributed by atoms with Crippen LogP contribution in [0.5, 0.6) is 0 Å². The van der Waals surface area contributed by atoms with Crippen LogP contribution in [0.15, 0.2) is 0 Å². The summed E-state index contributed by atoms with van der Waals surface area (Å²) in [6.07, 6.45) is 0. The summed E-state index contributed by atoms with van der Waals surface area (Å²) in [7, 11) is 0. The van der Waals surface area contributed by atoms with E-state index in [0.717, 1.165) is 0 Å². The van der Waals surface area contributed by atoms with E-state index >= 15 is 0 Å². The second-order valence-electron chi connectivity index (χ2n) is 2.32. The minimum atomic E-state index is -0.524. The van der Waals surface area contributed by atoms with Gasteiger partial charge < -0.3 is 0 Å². The summed E-state index contributed by atoms with van der Waals surface area (Å²) < 4.78 is 0. The standard InChI is InChI=1S/C6H12O4/c1-5(2)4-8-10-9-6(3)7/h5H,4H2,1-3H3. The van der Waals surface area contributed by atoms with Crippen molar-refractivity contribution in [1.82, 2.24) is 0 Å². The minimum absolute atomic E-state index is 0.357. The molecule has 0 bridgehead atoms. The highest BCUT2D eigenvalue weighted by Gasteiger charge is 1.96. The molecule has 0 aromatic heterocycles. The molecular formula is C6H12O4. The van der Waals surface area contributed by atoms with Crippen molar-refractivity contribution in [3.05, 3.63) is 0 Å². The van der Waals surface area contributed by atoms with E-state index in [-0.39, 0.29) is 0 Å².